The van der Waals surface area contributed by atoms with Crippen molar-refractivity contribution in [3.05, 3.63) is 57.2 Å². The minimum Gasteiger partial charge on any atom is -0.307 e. The first kappa shape index (κ1) is 15.8. The molecule has 1 aromatic carbocycles. The molecular weight excluding hydrogens is 373 g/mol. The van der Waals surface area contributed by atoms with Crippen LogP contribution in [0.3, 0.4) is 0 Å². The highest BCUT2D eigenvalue weighted by molar-refractivity contribution is 9.10. The van der Waals surface area contributed by atoms with Gasteiger partial charge in [-0.25, -0.2) is 4.98 Å². The number of amides is 1. The first-order chi connectivity index (χ1) is 9.77. The Labute approximate surface area is 131 Å². The third-order valence-electron chi connectivity index (χ3n) is 2.50. The number of anilines is 1. The zero-order chi connectivity index (χ0) is 15.6. The summed E-state index contributed by atoms with van der Waals surface area (Å²) < 4.78 is 38.2. The maximum Gasteiger partial charge on any atom is 0.417 e. The van der Waals surface area contributed by atoms with Crippen molar-refractivity contribution in [1.29, 1.82) is 0 Å². The standard InChI is InChI=1S/C13H7BrClF3N2O/c14-10-3-1-7(5-9(10)13(16,17)18)12(21)20-11-4-2-8(15)6-19-11/h1-6H,(H,19,20,21). The van der Waals surface area contributed by atoms with Crippen LogP contribution in [0.25, 0.3) is 0 Å². The van der Waals surface area contributed by atoms with Crippen LogP contribution in [0.15, 0.2) is 41.0 Å². The van der Waals surface area contributed by atoms with E-state index in [0.29, 0.717) is 5.02 Å². The van der Waals surface area contributed by atoms with Crippen molar-refractivity contribution in [1.82, 2.24) is 4.98 Å². The van der Waals surface area contributed by atoms with Gasteiger partial charge in [-0.2, -0.15) is 13.2 Å². The monoisotopic (exact) mass is 378 g/mol. The SMILES string of the molecule is O=C(Nc1ccc(Cl)cn1)c1ccc(Br)c(C(F)(F)F)c1. The average Bonchev–Trinajstić information content (AvgIpc) is 2.40. The first-order valence-corrected chi connectivity index (χ1v) is 6.74. The molecule has 0 bridgehead atoms. The van der Waals surface area contributed by atoms with E-state index in [0.717, 1.165) is 6.07 Å². The van der Waals surface area contributed by atoms with Crippen LogP contribution in [0.4, 0.5) is 19.0 Å². The average molecular weight is 380 g/mol. The lowest BCUT2D eigenvalue weighted by molar-refractivity contribution is -0.138. The van der Waals surface area contributed by atoms with Gasteiger partial charge in [0.2, 0.25) is 0 Å². The van der Waals surface area contributed by atoms with Gasteiger partial charge in [-0.3, -0.25) is 4.79 Å². The second-order valence-electron chi connectivity index (χ2n) is 4.01. The molecule has 0 aliphatic rings. The summed E-state index contributed by atoms with van der Waals surface area (Å²) in [6.45, 7) is 0. The van der Waals surface area contributed by atoms with E-state index in [9.17, 15) is 18.0 Å². The highest BCUT2D eigenvalue weighted by atomic mass is 79.9. The van der Waals surface area contributed by atoms with Gasteiger partial charge in [-0.1, -0.05) is 27.5 Å². The molecule has 0 atom stereocenters. The Morgan fingerprint density at radius 1 is 1.24 bits per heavy atom. The summed E-state index contributed by atoms with van der Waals surface area (Å²) in [6.07, 6.45) is -3.23. The van der Waals surface area contributed by atoms with Gasteiger partial charge in [0.05, 0.1) is 10.6 Å². The number of pyridine rings is 1. The topological polar surface area (TPSA) is 42.0 Å². The normalized spacial score (nSPS) is 11.3. The molecule has 1 N–H and O–H groups in total. The third kappa shape index (κ3) is 3.95. The molecule has 0 aliphatic heterocycles. The molecule has 8 heteroatoms. The number of hydrogen-bond donors (Lipinski definition) is 1. The summed E-state index contributed by atoms with van der Waals surface area (Å²) in [5.74, 6) is -0.497. The zero-order valence-electron chi connectivity index (χ0n) is 10.2. The van der Waals surface area contributed by atoms with Crippen LogP contribution in [-0.4, -0.2) is 10.9 Å². The van der Waals surface area contributed by atoms with Crippen LogP contribution < -0.4 is 5.32 Å². The quantitative estimate of drug-likeness (QED) is 0.817. The number of carbonyl (C=O) groups is 1. The Morgan fingerprint density at radius 2 is 1.95 bits per heavy atom. The molecule has 1 heterocycles. The first-order valence-electron chi connectivity index (χ1n) is 5.57. The van der Waals surface area contributed by atoms with Gasteiger partial charge in [0.25, 0.3) is 5.91 Å². The molecule has 0 unspecified atom stereocenters. The number of nitrogens with zero attached hydrogens (tertiary/aromatic N) is 1. The van der Waals surface area contributed by atoms with Crippen LogP contribution in [0.5, 0.6) is 0 Å². The lowest BCUT2D eigenvalue weighted by atomic mass is 10.1. The number of halogens is 5. The Kier molecular flexibility index (Phi) is 4.53. The van der Waals surface area contributed by atoms with Crippen molar-refractivity contribution in [3.8, 4) is 0 Å². The van der Waals surface area contributed by atoms with Gasteiger partial charge >= 0.3 is 6.18 Å². The second-order valence-corrected chi connectivity index (χ2v) is 5.30. The molecule has 0 spiro atoms. The summed E-state index contributed by atoms with van der Waals surface area (Å²) in [6, 6.07) is 6.18. The number of carbonyl (C=O) groups excluding carboxylic acids is 1. The zero-order valence-corrected chi connectivity index (χ0v) is 12.6. The van der Waals surface area contributed by atoms with Crippen LogP contribution in [-0.2, 0) is 6.18 Å². The lowest BCUT2D eigenvalue weighted by Crippen LogP contribution is -2.15. The highest BCUT2D eigenvalue weighted by Crippen LogP contribution is 2.35. The second kappa shape index (κ2) is 6.03. The van der Waals surface area contributed by atoms with Gasteiger partial charge in [-0.05, 0) is 30.3 Å². The Morgan fingerprint density at radius 3 is 2.52 bits per heavy atom. The number of rotatable bonds is 2. The third-order valence-corrected chi connectivity index (χ3v) is 3.42. The van der Waals surface area contributed by atoms with Gasteiger partial charge < -0.3 is 5.32 Å². The van der Waals surface area contributed by atoms with Gasteiger partial charge in [-0.15, -0.1) is 0 Å². The largest absolute Gasteiger partial charge is 0.417 e. The van der Waals surface area contributed by atoms with Crippen molar-refractivity contribution in [3.63, 3.8) is 0 Å². The van der Waals surface area contributed by atoms with E-state index in [2.05, 4.69) is 26.2 Å². The minimum atomic E-state index is -4.55. The Bertz CT molecular complexity index is 674. The lowest BCUT2D eigenvalue weighted by Gasteiger charge is -2.11. The van der Waals surface area contributed by atoms with Gasteiger partial charge in [0.15, 0.2) is 0 Å². The molecule has 0 saturated carbocycles. The maximum absolute atomic E-state index is 12.8. The molecule has 1 amide bonds. The maximum atomic E-state index is 12.8. The molecule has 0 radical (unpaired) electrons. The van der Waals surface area contributed by atoms with Crippen molar-refractivity contribution in [2.75, 3.05) is 5.32 Å². The van der Waals surface area contributed by atoms with Crippen molar-refractivity contribution >= 4 is 39.3 Å². The van der Waals surface area contributed by atoms with Crippen LogP contribution in [0.1, 0.15) is 15.9 Å². The molecular formula is C13H7BrClF3N2O. The molecule has 0 aliphatic carbocycles. The molecule has 0 fully saturated rings. The number of aromatic nitrogens is 1. The predicted molar refractivity (Wildman–Crippen MR) is 76.3 cm³/mol. The molecule has 1 aromatic heterocycles. The van der Waals surface area contributed by atoms with E-state index < -0.39 is 17.6 Å². The molecule has 110 valence electrons. The van der Waals surface area contributed by atoms with E-state index >= 15 is 0 Å². The van der Waals surface area contributed by atoms with Crippen LogP contribution >= 0.6 is 27.5 Å². The van der Waals surface area contributed by atoms with Gasteiger partial charge in [0.1, 0.15) is 5.82 Å². The smallest absolute Gasteiger partial charge is 0.307 e. The van der Waals surface area contributed by atoms with E-state index in [1.54, 1.807) is 0 Å². The summed E-state index contributed by atoms with van der Waals surface area (Å²) in [5, 5.41) is 2.78. The molecule has 2 aromatic rings. The fraction of sp³-hybridized carbons (Fsp3) is 0.0769. The minimum absolute atomic E-state index is 0.123. The van der Waals surface area contributed by atoms with Gasteiger partial charge in [0, 0.05) is 16.2 Å². The van der Waals surface area contributed by atoms with E-state index in [-0.39, 0.29) is 15.9 Å². The summed E-state index contributed by atoms with van der Waals surface area (Å²) in [4.78, 5) is 15.8. The van der Waals surface area contributed by atoms with Crippen molar-refractivity contribution < 1.29 is 18.0 Å². The molecule has 0 saturated heterocycles. The van der Waals surface area contributed by atoms with E-state index in [1.165, 1.54) is 30.5 Å². The summed E-state index contributed by atoms with van der Waals surface area (Å²) >= 11 is 8.46. The Balaban J connectivity index is 2.25. The van der Waals surface area contributed by atoms with E-state index in [1.807, 2.05) is 0 Å². The number of alkyl halides is 3. The number of nitrogens with one attached hydrogen (secondary N) is 1. The van der Waals surface area contributed by atoms with E-state index in [4.69, 9.17) is 11.6 Å². The number of benzene rings is 1. The fourth-order valence-corrected chi connectivity index (χ4v) is 2.11. The Hall–Kier alpha value is -1.60. The summed E-state index contributed by atoms with van der Waals surface area (Å²) in [5.41, 5.74) is -1.04. The molecule has 2 rings (SSSR count). The van der Waals surface area contributed by atoms with Crippen LogP contribution in [0, 0.1) is 0 Å². The van der Waals surface area contributed by atoms with Crippen LogP contribution in [0.2, 0.25) is 5.02 Å². The van der Waals surface area contributed by atoms with Crippen molar-refractivity contribution in [2.45, 2.75) is 6.18 Å². The van der Waals surface area contributed by atoms with Crippen molar-refractivity contribution in [2.24, 2.45) is 0 Å². The molecule has 21 heavy (non-hydrogen) atoms. The summed E-state index contributed by atoms with van der Waals surface area (Å²) in [7, 11) is 0. The molecule has 3 nitrogen and oxygen atoms in total. The predicted octanol–water partition coefficient (Wildman–Crippen LogP) is 4.77. The highest BCUT2D eigenvalue weighted by Gasteiger charge is 2.33. The fourth-order valence-electron chi connectivity index (χ4n) is 1.52. The number of hydrogen-bond acceptors (Lipinski definition) is 2.